The molecular formula is C21H24N4O2. The Morgan fingerprint density at radius 3 is 2.89 bits per heavy atom. The van der Waals surface area contributed by atoms with Crippen LogP contribution >= 0.6 is 0 Å². The number of rotatable bonds is 3. The number of likely N-dealkylation sites (N-methyl/N-ethyl adjacent to an activating group) is 1. The summed E-state index contributed by atoms with van der Waals surface area (Å²) >= 11 is 0. The summed E-state index contributed by atoms with van der Waals surface area (Å²) in [6.45, 7) is 3.73. The van der Waals surface area contributed by atoms with Crippen LogP contribution in [-0.4, -0.2) is 48.1 Å². The predicted molar refractivity (Wildman–Crippen MR) is 107 cm³/mol. The van der Waals surface area contributed by atoms with E-state index in [-0.39, 0.29) is 5.63 Å². The van der Waals surface area contributed by atoms with Gasteiger partial charge in [-0.05, 0) is 57.6 Å². The Hall–Kier alpha value is -2.73. The smallest absolute Gasteiger partial charge is 0.347 e. The number of aromatic nitrogens is 2. The molecule has 1 saturated heterocycles. The van der Waals surface area contributed by atoms with Crippen molar-refractivity contribution in [3.8, 4) is 11.5 Å². The summed E-state index contributed by atoms with van der Waals surface area (Å²) in [4.78, 5) is 26.3. The first kappa shape index (κ1) is 17.7. The lowest BCUT2D eigenvalue weighted by molar-refractivity contribution is 0.257. The van der Waals surface area contributed by atoms with Crippen molar-refractivity contribution in [3.05, 3.63) is 52.5 Å². The fourth-order valence-electron chi connectivity index (χ4n) is 3.78. The predicted octanol–water partition coefficient (Wildman–Crippen LogP) is 3.09. The summed E-state index contributed by atoms with van der Waals surface area (Å²) < 4.78 is 5.62. The van der Waals surface area contributed by atoms with E-state index in [2.05, 4.69) is 33.9 Å². The molecule has 2 aromatic heterocycles. The summed E-state index contributed by atoms with van der Waals surface area (Å²) in [5.74, 6) is 1.15. The van der Waals surface area contributed by atoms with Gasteiger partial charge in [-0.15, -0.1) is 0 Å². The summed E-state index contributed by atoms with van der Waals surface area (Å²) in [6.07, 6.45) is 4.06. The van der Waals surface area contributed by atoms with E-state index < -0.39 is 0 Å². The van der Waals surface area contributed by atoms with Crippen LogP contribution in [0.4, 0.5) is 5.82 Å². The number of anilines is 1. The van der Waals surface area contributed by atoms with E-state index >= 15 is 0 Å². The molecule has 1 aromatic carbocycles. The van der Waals surface area contributed by atoms with Crippen molar-refractivity contribution in [2.24, 2.45) is 0 Å². The van der Waals surface area contributed by atoms with Gasteiger partial charge in [0.25, 0.3) is 0 Å². The third-order valence-electron chi connectivity index (χ3n) is 5.31. The van der Waals surface area contributed by atoms with Crippen LogP contribution < -0.4 is 10.5 Å². The minimum atomic E-state index is -0.354. The molecule has 6 heteroatoms. The van der Waals surface area contributed by atoms with Gasteiger partial charge in [-0.25, -0.2) is 14.8 Å². The fourth-order valence-corrected chi connectivity index (χ4v) is 3.78. The highest BCUT2D eigenvalue weighted by molar-refractivity contribution is 5.82. The van der Waals surface area contributed by atoms with E-state index in [9.17, 15) is 4.79 Å². The number of nitrogens with zero attached hydrogens (tertiary/aromatic N) is 4. The number of hydrogen-bond acceptors (Lipinski definition) is 6. The molecule has 0 aliphatic carbocycles. The number of pyridine rings is 1. The zero-order chi connectivity index (χ0) is 19.0. The second kappa shape index (κ2) is 7.12. The van der Waals surface area contributed by atoms with E-state index in [4.69, 9.17) is 4.42 Å². The standard InChI is InChI=1S/C21H24N4O2/c1-14-7-4-10-17-18(14)21(26)27-20(23-17)16-9-5-11-22-19(16)25-12-6-8-15(13-25)24(2)3/h4-5,7,9-11,15H,6,8,12-13H2,1-3H3. The highest BCUT2D eigenvalue weighted by atomic mass is 16.4. The molecular weight excluding hydrogens is 340 g/mol. The maximum Gasteiger partial charge on any atom is 0.347 e. The summed E-state index contributed by atoms with van der Waals surface area (Å²) in [6, 6.07) is 9.91. The molecule has 6 nitrogen and oxygen atoms in total. The first-order valence-electron chi connectivity index (χ1n) is 9.32. The zero-order valence-electron chi connectivity index (χ0n) is 16.0. The largest absolute Gasteiger partial charge is 0.403 e. The van der Waals surface area contributed by atoms with Crippen LogP contribution in [0.15, 0.2) is 45.7 Å². The van der Waals surface area contributed by atoms with Crippen molar-refractivity contribution in [1.29, 1.82) is 0 Å². The molecule has 0 bridgehead atoms. The SMILES string of the molecule is Cc1cccc2nc(-c3cccnc3N3CCCC(N(C)C)C3)oc(=O)c12. The molecule has 0 saturated carbocycles. The van der Waals surface area contributed by atoms with E-state index in [1.165, 1.54) is 6.42 Å². The van der Waals surface area contributed by atoms with Gasteiger partial charge in [-0.1, -0.05) is 12.1 Å². The Labute approximate surface area is 158 Å². The van der Waals surface area contributed by atoms with Crippen LogP contribution in [0.2, 0.25) is 0 Å². The van der Waals surface area contributed by atoms with Crippen molar-refractivity contribution in [2.75, 3.05) is 32.1 Å². The fraction of sp³-hybridized carbons (Fsp3) is 0.381. The van der Waals surface area contributed by atoms with E-state index in [0.717, 1.165) is 36.5 Å². The van der Waals surface area contributed by atoms with Crippen LogP contribution in [-0.2, 0) is 0 Å². The lowest BCUT2D eigenvalue weighted by Crippen LogP contribution is -2.45. The number of benzene rings is 1. The van der Waals surface area contributed by atoms with E-state index in [0.29, 0.717) is 22.8 Å². The molecule has 4 rings (SSSR count). The van der Waals surface area contributed by atoms with Crippen LogP contribution in [0, 0.1) is 6.92 Å². The van der Waals surface area contributed by atoms with Crippen LogP contribution in [0.3, 0.4) is 0 Å². The number of aryl methyl sites for hydroxylation is 1. The maximum atomic E-state index is 12.6. The molecule has 1 atom stereocenters. The second-order valence-corrected chi connectivity index (χ2v) is 7.36. The van der Waals surface area contributed by atoms with Crippen molar-refractivity contribution < 1.29 is 4.42 Å². The van der Waals surface area contributed by atoms with Crippen molar-refractivity contribution in [3.63, 3.8) is 0 Å². The molecule has 0 spiro atoms. The molecule has 1 fully saturated rings. The summed E-state index contributed by atoms with van der Waals surface area (Å²) in [7, 11) is 4.22. The Kier molecular flexibility index (Phi) is 4.66. The van der Waals surface area contributed by atoms with Crippen molar-refractivity contribution in [1.82, 2.24) is 14.9 Å². The van der Waals surface area contributed by atoms with Gasteiger partial charge < -0.3 is 14.2 Å². The third kappa shape index (κ3) is 3.32. The highest BCUT2D eigenvalue weighted by Crippen LogP contribution is 2.30. The Bertz CT molecular complexity index is 1030. The van der Waals surface area contributed by atoms with Crippen LogP contribution in [0.25, 0.3) is 22.4 Å². The normalized spacial score (nSPS) is 17.6. The molecule has 27 heavy (non-hydrogen) atoms. The lowest BCUT2D eigenvalue weighted by Gasteiger charge is -2.37. The lowest BCUT2D eigenvalue weighted by atomic mass is 10.0. The van der Waals surface area contributed by atoms with Gasteiger partial charge in [0.2, 0.25) is 5.89 Å². The van der Waals surface area contributed by atoms with Crippen LogP contribution in [0.1, 0.15) is 18.4 Å². The molecule has 0 amide bonds. The molecule has 0 N–H and O–H groups in total. The number of piperidine rings is 1. The summed E-state index contributed by atoms with van der Waals surface area (Å²) in [5.41, 5.74) is 1.93. The Morgan fingerprint density at radius 1 is 1.22 bits per heavy atom. The minimum Gasteiger partial charge on any atom is -0.403 e. The van der Waals surface area contributed by atoms with Gasteiger partial charge in [-0.3, -0.25) is 0 Å². The molecule has 1 aliphatic rings. The monoisotopic (exact) mass is 364 g/mol. The quantitative estimate of drug-likeness (QED) is 0.712. The van der Waals surface area contributed by atoms with E-state index in [1.807, 2.05) is 37.3 Å². The first-order valence-corrected chi connectivity index (χ1v) is 9.32. The van der Waals surface area contributed by atoms with E-state index in [1.54, 1.807) is 6.20 Å². The minimum absolute atomic E-state index is 0.327. The van der Waals surface area contributed by atoms with Gasteiger partial charge in [0.15, 0.2) is 0 Å². The zero-order valence-corrected chi connectivity index (χ0v) is 16.0. The third-order valence-corrected chi connectivity index (χ3v) is 5.31. The highest BCUT2D eigenvalue weighted by Gasteiger charge is 2.25. The molecule has 1 aliphatic heterocycles. The van der Waals surface area contributed by atoms with Crippen LogP contribution in [0.5, 0.6) is 0 Å². The molecule has 3 aromatic rings. The van der Waals surface area contributed by atoms with Gasteiger partial charge >= 0.3 is 5.63 Å². The molecule has 0 radical (unpaired) electrons. The summed E-state index contributed by atoms with van der Waals surface area (Å²) in [5, 5.41) is 0.539. The average molecular weight is 364 g/mol. The second-order valence-electron chi connectivity index (χ2n) is 7.36. The van der Waals surface area contributed by atoms with Gasteiger partial charge in [-0.2, -0.15) is 0 Å². The van der Waals surface area contributed by atoms with Gasteiger partial charge in [0.05, 0.1) is 16.5 Å². The number of hydrogen-bond donors (Lipinski definition) is 0. The Morgan fingerprint density at radius 2 is 2.07 bits per heavy atom. The molecule has 1 unspecified atom stereocenters. The number of fused-ring (bicyclic) bond motifs is 1. The first-order chi connectivity index (χ1) is 13.0. The molecule has 140 valence electrons. The average Bonchev–Trinajstić information content (AvgIpc) is 2.68. The van der Waals surface area contributed by atoms with Crippen molar-refractivity contribution >= 4 is 16.7 Å². The van der Waals surface area contributed by atoms with Crippen molar-refractivity contribution in [2.45, 2.75) is 25.8 Å². The maximum absolute atomic E-state index is 12.6. The topological polar surface area (TPSA) is 62.5 Å². The molecule has 3 heterocycles. The Balaban J connectivity index is 1.80. The van der Waals surface area contributed by atoms with Gasteiger partial charge in [0, 0.05) is 25.3 Å². The van der Waals surface area contributed by atoms with Gasteiger partial charge in [0.1, 0.15) is 5.82 Å².